The number of halogens is 1. The first kappa shape index (κ1) is 16.3. The van der Waals surface area contributed by atoms with Gasteiger partial charge in [0.25, 0.3) is 0 Å². The van der Waals surface area contributed by atoms with E-state index in [1.165, 1.54) is 0 Å². The quantitative estimate of drug-likeness (QED) is 0.705. The highest BCUT2D eigenvalue weighted by Gasteiger charge is 2.07. The van der Waals surface area contributed by atoms with Crippen molar-refractivity contribution in [1.29, 1.82) is 0 Å². The number of ether oxygens (including phenoxy) is 1. The van der Waals surface area contributed by atoms with Crippen molar-refractivity contribution in [3.8, 4) is 5.75 Å². The lowest BCUT2D eigenvalue weighted by molar-refractivity contribution is -0.136. The van der Waals surface area contributed by atoms with E-state index in [2.05, 4.69) is 26.6 Å². The van der Waals surface area contributed by atoms with Gasteiger partial charge in [-0.05, 0) is 31.2 Å². The predicted molar refractivity (Wildman–Crippen MR) is 77.9 cm³/mol. The Kier molecular flexibility index (Phi) is 6.86. The minimum atomic E-state index is -0.947. The molecule has 0 bridgehead atoms. The molecule has 1 unspecified atom stereocenters. The molecular formula is C13H17BrN2O4. The van der Waals surface area contributed by atoms with Crippen LogP contribution in [0.15, 0.2) is 28.7 Å². The highest BCUT2D eigenvalue weighted by molar-refractivity contribution is 9.10. The fraction of sp³-hybridized carbons (Fsp3) is 0.385. The zero-order valence-corrected chi connectivity index (χ0v) is 12.6. The van der Waals surface area contributed by atoms with Crippen LogP contribution in [0.25, 0.3) is 0 Å². The molecule has 3 N–H and O–H groups in total. The third kappa shape index (κ3) is 6.98. The molecule has 110 valence electrons. The molecule has 1 aromatic carbocycles. The first-order valence-electron chi connectivity index (χ1n) is 6.13. The van der Waals surface area contributed by atoms with E-state index in [9.17, 15) is 9.59 Å². The molecular weight excluding hydrogens is 328 g/mol. The highest BCUT2D eigenvalue weighted by Crippen LogP contribution is 2.16. The van der Waals surface area contributed by atoms with Crippen LogP contribution in [-0.4, -0.2) is 36.3 Å². The van der Waals surface area contributed by atoms with Crippen molar-refractivity contribution in [2.24, 2.45) is 0 Å². The molecule has 0 saturated carbocycles. The number of aliphatic carboxylic acids is 1. The molecule has 0 heterocycles. The monoisotopic (exact) mass is 344 g/mol. The second-order valence-corrected chi connectivity index (χ2v) is 5.08. The Bertz CT molecular complexity index is 450. The molecule has 2 amide bonds. The molecule has 7 heteroatoms. The smallest absolute Gasteiger partial charge is 0.314 e. The summed E-state index contributed by atoms with van der Waals surface area (Å²) >= 11 is 3.33. The normalized spacial score (nSPS) is 11.5. The van der Waals surface area contributed by atoms with E-state index < -0.39 is 12.0 Å². The van der Waals surface area contributed by atoms with Crippen LogP contribution in [0.1, 0.15) is 13.3 Å². The Labute approximate surface area is 125 Å². The number of amides is 2. The van der Waals surface area contributed by atoms with Crippen molar-refractivity contribution in [3.05, 3.63) is 28.7 Å². The standard InChI is InChI=1S/C13H17BrN2O4/c1-9(20-11-4-2-10(14)3-5-11)8-16-13(19)15-7-6-12(17)18/h2-5,9H,6-8H2,1H3,(H,17,18)(H2,15,16,19). The lowest BCUT2D eigenvalue weighted by Gasteiger charge is -2.15. The van der Waals surface area contributed by atoms with Gasteiger partial charge in [0.2, 0.25) is 0 Å². The van der Waals surface area contributed by atoms with Gasteiger partial charge in [0.1, 0.15) is 11.9 Å². The minimum absolute atomic E-state index is 0.0988. The molecule has 0 aliphatic rings. The van der Waals surface area contributed by atoms with Crippen LogP contribution in [0.2, 0.25) is 0 Å². The summed E-state index contributed by atoms with van der Waals surface area (Å²) in [6.45, 7) is 2.26. The first-order chi connectivity index (χ1) is 9.47. The van der Waals surface area contributed by atoms with E-state index in [0.29, 0.717) is 12.3 Å². The van der Waals surface area contributed by atoms with Crippen molar-refractivity contribution < 1.29 is 19.4 Å². The number of nitrogens with one attached hydrogen (secondary N) is 2. The van der Waals surface area contributed by atoms with E-state index in [4.69, 9.17) is 9.84 Å². The van der Waals surface area contributed by atoms with E-state index in [0.717, 1.165) is 4.47 Å². The molecule has 1 aromatic rings. The maximum Gasteiger partial charge on any atom is 0.314 e. The number of rotatable bonds is 7. The lowest BCUT2D eigenvalue weighted by Crippen LogP contribution is -2.41. The Morgan fingerprint density at radius 3 is 2.55 bits per heavy atom. The van der Waals surface area contributed by atoms with E-state index in [1.54, 1.807) is 0 Å². The van der Waals surface area contributed by atoms with E-state index in [1.807, 2.05) is 31.2 Å². The molecule has 1 rings (SSSR count). The number of carbonyl (C=O) groups excluding carboxylic acids is 1. The van der Waals surface area contributed by atoms with Crippen LogP contribution in [0.3, 0.4) is 0 Å². The van der Waals surface area contributed by atoms with Crippen molar-refractivity contribution in [3.63, 3.8) is 0 Å². The van der Waals surface area contributed by atoms with Gasteiger partial charge in [-0.25, -0.2) is 4.79 Å². The number of carboxylic acid groups (broad SMARTS) is 1. The Hall–Kier alpha value is -1.76. The predicted octanol–water partition coefficient (Wildman–Crippen LogP) is 1.99. The van der Waals surface area contributed by atoms with E-state index >= 15 is 0 Å². The molecule has 0 aliphatic carbocycles. The van der Waals surface area contributed by atoms with Gasteiger partial charge < -0.3 is 20.5 Å². The van der Waals surface area contributed by atoms with Gasteiger partial charge >= 0.3 is 12.0 Å². The summed E-state index contributed by atoms with van der Waals surface area (Å²) in [7, 11) is 0. The van der Waals surface area contributed by atoms with Crippen molar-refractivity contribution >= 4 is 27.9 Å². The second kappa shape index (κ2) is 8.42. The largest absolute Gasteiger partial charge is 0.489 e. The van der Waals surface area contributed by atoms with Crippen LogP contribution in [0, 0.1) is 0 Å². The van der Waals surface area contributed by atoms with Crippen LogP contribution >= 0.6 is 15.9 Å². The molecule has 0 saturated heterocycles. The van der Waals surface area contributed by atoms with Gasteiger partial charge in [0.05, 0.1) is 13.0 Å². The summed E-state index contributed by atoms with van der Waals surface area (Å²) in [5.74, 6) is -0.231. The molecule has 0 radical (unpaired) electrons. The maximum absolute atomic E-state index is 11.3. The zero-order chi connectivity index (χ0) is 15.0. The summed E-state index contributed by atoms with van der Waals surface area (Å²) in [6, 6.07) is 6.99. The highest BCUT2D eigenvalue weighted by atomic mass is 79.9. The molecule has 20 heavy (non-hydrogen) atoms. The fourth-order valence-electron chi connectivity index (χ4n) is 1.37. The molecule has 0 fully saturated rings. The van der Waals surface area contributed by atoms with E-state index in [-0.39, 0.29) is 19.1 Å². The summed E-state index contributed by atoms with van der Waals surface area (Å²) in [5, 5.41) is 13.5. The maximum atomic E-state index is 11.3. The molecule has 0 aliphatic heterocycles. The lowest BCUT2D eigenvalue weighted by atomic mass is 10.3. The number of hydrogen-bond acceptors (Lipinski definition) is 3. The van der Waals surface area contributed by atoms with Gasteiger partial charge in [-0.15, -0.1) is 0 Å². The van der Waals surface area contributed by atoms with Gasteiger partial charge in [-0.2, -0.15) is 0 Å². The summed E-state index contributed by atoms with van der Waals surface area (Å²) < 4.78 is 6.57. The SMILES string of the molecule is CC(CNC(=O)NCCC(=O)O)Oc1ccc(Br)cc1. The van der Waals surface area contributed by atoms with Gasteiger partial charge in [0.15, 0.2) is 0 Å². The van der Waals surface area contributed by atoms with Crippen molar-refractivity contribution in [1.82, 2.24) is 10.6 Å². The summed E-state index contributed by atoms with van der Waals surface area (Å²) in [6.07, 6.45) is -0.292. The van der Waals surface area contributed by atoms with Crippen LogP contribution < -0.4 is 15.4 Å². The molecule has 6 nitrogen and oxygen atoms in total. The second-order valence-electron chi connectivity index (χ2n) is 4.16. The van der Waals surface area contributed by atoms with Crippen LogP contribution in [0.5, 0.6) is 5.75 Å². The van der Waals surface area contributed by atoms with Gasteiger partial charge in [-0.3, -0.25) is 4.79 Å². The van der Waals surface area contributed by atoms with Gasteiger partial charge in [0, 0.05) is 11.0 Å². The Morgan fingerprint density at radius 1 is 1.30 bits per heavy atom. The average Bonchev–Trinajstić information content (AvgIpc) is 2.39. The molecule has 0 spiro atoms. The summed E-state index contributed by atoms with van der Waals surface area (Å²) in [5.41, 5.74) is 0. The number of carboxylic acids is 1. The van der Waals surface area contributed by atoms with Crippen LogP contribution in [0.4, 0.5) is 4.79 Å². The van der Waals surface area contributed by atoms with Gasteiger partial charge in [-0.1, -0.05) is 15.9 Å². The Morgan fingerprint density at radius 2 is 1.95 bits per heavy atom. The third-order valence-corrected chi connectivity index (χ3v) is 2.85. The molecule has 0 aromatic heterocycles. The summed E-state index contributed by atoms with van der Waals surface area (Å²) in [4.78, 5) is 21.6. The number of hydrogen-bond donors (Lipinski definition) is 3. The number of benzene rings is 1. The number of carbonyl (C=O) groups is 2. The minimum Gasteiger partial charge on any atom is -0.489 e. The van der Waals surface area contributed by atoms with Crippen molar-refractivity contribution in [2.45, 2.75) is 19.4 Å². The third-order valence-electron chi connectivity index (χ3n) is 2.33. The number of urea groups is 1. The average molecular weight is 345 g/mol. The topological polar surface area (TPSA) is 87.7 Å². The fourth-order valence-corrected chi connectivity index (χ4v) is 1.63. The molecule has 1 atom stereocenters. The first-order valence-corrected chi connectivity index (χ1v) is 6.92. The van der Waals surface area contributed by atoms with Crippen molar-refractivity contribution in [2.75, 3.05) is 13.1 Å². The Balaban J connectivity index is 2.22. The van der Waals surface area contributed by atoms with Crippen LogP contribution in [-0.2, 0) is 4.79 Å². The zero-order valence-electron chi connectivity index (χ0n) is 11.1.